The summed E-state index contributed by atoms with van der Waals surface area (Å²) in [6.45, 7) is 5.17. The maximum atomic E-state index is 12.6. The van der Waals surface area contributed by atoms with Gasteiger partial charge >= 0.3 is 0 Å². The van der Waals surface area contributed by atoms with Gasteiger partial charge in [0.15, 0.2) is 0 Å². The van der Waals surface area contributed by atoms with Gasteiger partial charge in [-0.05, 0) is 32.3 Å². The molecule has 1 aromatic heterocycles. The fraction of sp³-hybridized carbons (Fsp3) is 0.615. The predicted molar refractivity (Wildman–Crippen MR) is 69.3 cm³/mol. The first-order valence-corrected chi connectivity index (χ1v) is 6.51. The van der Waals surface area contributed by atoms with Gasteiger partial charge in [0.05, 0.1) is 17.0 Å². The number of rotatable bonds is 3. The summed E-state index contributed by atoms with van der Waals surface area (Å²) in [5.74, 6) is 0.0535. The van der Waals surface area contributed by atoms with E-state index in [1.807, 2.05) is 24.8 Å². The molecule has 18 heavy (non-hydrogen) atoms. The van der Waals surface area contributed by atoms with E-state index in [0.29, 0.717) is 12.1 Å². The second-order valence-electron chi connectivity index (χ2n) is 4.73. The molecule has 0 spiro atoms. The molecule has 1 aromatic rings. The number of nitrogens with two attached hydrogens (primary N) is 1. The van der Waals surface area contributed by atoms with E-state index in [2.05, 4.69) is 10.2 Å². The molecule has 0 saturated carbocycles. The van der Waals surface area contributed by atoms with Gasteiger partial charge in [0, 0.05) is 19.1 Å². The SMILES string of the molecule is CCc1nnc(C)cc1C(=O)N1CCCC1CN. The van der Waals surface area contributed by atoms with E-state index in [9.17, 15) is 4.79 Å². The molecule has 2 heterocycles. The maximum Gasteiger partial charge on any atom is 0.256 e. The Morgan fingerprint density at radius 1 is 1.56 bits per heavy atom. The number of hydrogen-bond donors (Lipinski definition) is 1. The van der Waals surface area contributed by atoms with E-state index in [1.54, 1.807) is 0 Å². The summed E-state index contributed by atoms with van der Waals surface area (Å²) in [6.07, 6.45) is 2.75. The van der Waals surface area contributed by atoms with Crippen molar-refractivity contribution in [3.05, 3.63) is 23.0 Å². The van der Waals surface area contributed by atoms with Gasteiger partial charge in [-0.1, -0.05) is 6.92 Å². The number of nitrogens with zero attached hydrogens (tertiary/aromatic N) is 3. The fourth-order valence-corrected chi connectivity index (χ4v) is 2.46. The summed E-state index contributed by atoms with van der Waals surface area (Å²) >= 11 is 0. The van der Waals surface area contributed by atoms with Crippen LogP contribution >= 0.6 is 0 Å². The molecule has 0 aromatic carbocycles. The lowest BCUT2D eigenvalue weighted by atomic mass is 10.1. The number of hydrogen-bond acceptors (Lipinski definition) is 4. The zero-order valence-electron chi connectivity index (χ0n) is 11.0. The lowest BCUT2D eigenvalue weighted by Gasteiger charge is -2.24. The van der Waals surface area contributed by atoms with Gasteiger partial charge in [-0.15, -0.1) is 0 Å². The first-order valence-electron chi connectivity index (χ1n) is 6.51. The van der Waals surface area contributed by atoms with E-state index >= 15 is 0 Å². The third kappa shape index (κ3) is 2.36. The van der Waals surface area contributed by atoms with E-state index in [-0.39, 0.29) is 11.9 Å². The van der Waals surface area contributed by atoms with Gasteiger partial charge in [0.1, 0.15) is 0 Å². The molecule has 5 nitrogen and oxygen atoms in total. The minimum absolute atomic E-state index is 0.0535. The predicted octanol–water partition coefficient (Wildman–Crippen LogP) is 0.911. The van der Waals surface area contributed by atoms with Gasteiger partial charge in [-0.3, -0.25) is 4.79 Å². The van der Waals surface area contributed by atoms with Crippen LogP contribution in [0.25, 0.3) is 0 Å². The second kappa shape index (κ2) is 5.44. The molecule has 1 amide bonds. The number of aromatic nitrogens is 2. The van der Waals surface area contributed by atoms with Crippen molar-refractivity contribution in [2.24, 2.45) is 5.73 Å². The highest BCUT2D eigenvalue weighted by Crippen LogP contribution is 2.20. The summed E-state index contributed by atoms with van der Waals surface area (Å²) < 4.78 is 0. The number of likely N-dealkylation sites (tertiary alicyclic amines) is 1. The van der Waals surface area contributed by atoms with Crippen molar-refractivity contribution in [3.8, 4) is 0 Å². The average Bonchev–Trinajstić information content (AvgIpc) is 2.86. The summed E-state index contributed by atoms with van der Waals surface area (Å²) in [5.41, 5.74) is 7.95. The Morgan fingerprint density at radius 3 is 3.00 bits per heavy atom. The largest absolute Gasteiger partial charge is 0.334 e. The highest BCUT2D eigenvalue weighted by Gasteiger charge is 2.29. The lowest BCUT2D eigenvalue weighted by Crippen LogP contribution is -2.40. The Hall–Kier alpha value is -1.49. The Kier molecular flexibility index (Phi) is 3.91. The van der Waals surface area contributed by atoms with E-state index in [0.717, 1.165) is 37.2 Å². The second-order valence-corrected chi connectivity index (χ2v) is 4.73. The Balaban J connectivity index is 2.30. The van der Waals surface area contributed by atoms with Crippen molar-refractivity contribution < 1.29 is 4.79 Å². The number of aryl methyl sites for hydroxylation is 2. The topological polar surface area (TPSA) is 72.1 Å². The van der Waals surface area contributed by atoms with Gasteiger partial charge < -0.3 is 10.6 Å². The molecule has 98 valence electrons. The minimum atomic E-state index is 0.0535. The van der Waals surface area contributed by atoms with E-state index in [1.165, 1.54) is 0 Å². The van der Waals surface area contributed by atoms with Crippen molar-refractivity contribution in [3.63, 3.8) is 0 Å². The molecular weight excluding hydrogens is 228 g/mol. The molecule has 0 aliphatic carbocycles. The van der Waals surface area contributed by atoms with Crippen LogP contribution in [0.4, 0.5) is 0 Å². The van der Waals surface area contributed by atoms with Gasteiger partial charge in [0.25, 0.3) is 5.91 Å². The van der Waals surface area contributed by atoms with Crippen LogP contribution in [-0.2, 0) is 6.42 Å². The highest BCUT2D eigenvalue weighted by molar-refractivity contribution is 5.95. The van der Waals surface area contributed by atoms with Crippen LogP contribution in [0.15, 0.2) is 6.07 Å². The lowest BCUT2D eigenvalue weighted by molar-refractivity contribution is 0.0739. The number of carbonyl (C=O) groups excluding carboxylic acids is 1. The molecule has 1 aliphatic heterocycles. The van der Waals surface area contributed by atoms with Gasteiger partial charge in [-0.2, -0.15) is 10.2 Å². The molecule has 1 saturated heterocycles. The van der Waals surface area contributed by atoms with Crippen LogP contribution in [0.3, 0.4) is 0 Å². The number of amides is 1. The van der Waals surface area contributed by atoms with E-state index in [4.69, 9.17) is 5.73 Å². The van der Waals surface area contributed by atoms with Crippen LogP contribution in [0.1, 0.15) is 41.5 Å². The first-order chi connectivity index (χ1) is 8.67. The quantitative estimate of drug-likeness (QED) is 0.863. The molecule has 1 fully saturated rings. The minimum Gasteiger partial charge on any atom is -0.334 e. The van der Waals surface area contributed by atoms with Crippen LogP contribution in [0, 0.1) is 6.92 Å². The third-order valence-electron chi connectivity index (χ3n) is 3.47. The summed E-state index contributed by atoms with van der Waals surface area (Å²) in [7, 11) is 0. The van der Waals surface area contributed by atoms with Gasteiger partial charge in [0.2, 0.25) is 0 Å². The molecule has 1 aliphatic rings. The Bertz CT molecular complexity index is 447. The molecule has 1 unspecified atom stereocenters. The normalized spacial score (nSPS) is 19.3. The van der Waals surface area contributed by atoms with Crippen molar-refractivity contribution in [1.82, 2.24) is 15.1 Å². The average molecular weight is 248 g/mol. The molecule has 2 N–H and O–H groups in total. The molecule has 0 bridgehead atoms. The molecule has 2 rings (SSSR count). The number of carbonyl (C=O) groups is 1. The van der Waals surface area contributed by atoms with Crippen molar-refractivity contribution in [2.45, 2.75) is 39.2 Å². The van der Waals surface area contributed by atoms with Crippen LogP contribution in [0.2, 0.25) is 0 Å². The first kappa shape index (κ1) is 13.0. The fourth-order valence-electron chi connectivity index (χ4n) is 2.46. The monoisotopic (exact) mass is 248 g/mol. The van der Waals surface area contributed by atoms with Crippen molar-refractivity contribution in [1.29, 1.82) is 0 Å². The molecule has 0 radical (unpaired) electrons. The van der Waals surface area contributed by atoms with Crippen LogP contribution in [0.5, 0.6) is 0 Å². The van der Waals surface area contributed by atoms with E-state index < -0.39 is 0 Å². The van der Waals surface area contributed by atoms with Crippen molar-refractivity contribution in [2.75, 3.05) is 13.1 Å². The van der Waals surface area contributed by atoms with Crippen LogP contribution < -0.4 is 5.73 Å². The molecule has 5 heteroatoms. The maximum absolute atomic E-state index is 12.6. The standard InChI is InChI=1S/C13H20N4O/c1-3-12-11(7-9(2)15-16-12)13(18)17-6-4-5-10(17)8-14/h7,10H,3-6,8,14H2,1-2H3. The molecule has 1 atom stereocenters. The van der Waals surface area contributed by atoms with Gasteiger partial charge in [-0.25, -0.2) is 0 Å². The summed E-state index contributed by atoms with van der Waals surface area (Å²) in [5, 5.41) is 8.12. The van der Waals surface area contributed by atoms with Crippen molar-refractivity contribution >= 4 is 5.91 Å². The molecular formula is C13H20N4O. The zero-order chi connectivity index (χ0) is 13.1. The smallest absolute Gasteiger partial charge is 0.256 e. The summed E-state index contributed by atoms with van der Waals surface area (Å²) in [4.78, 5) is 14.4. The Morgan fingerprint density at radius 2 is 2.33 bits per heavy atom. The Labute approximate surface area is 107 Å². The third-order valence-corrected chi connectivity index (χ3v) is 3.47. The summed E-state index contributed by atoms with van der Waals surface area (Å²) in [6, 6.07) is 2.01. The zero-order valence-corrected chi connectivity index (χ0v) is 11.0. The van der Waals surface area contributed by atoms with Crippen LogP contribution in [-0.4, -0.2) is 40.1 Å². The highest BCUT2D eigenvalue weighted by atomic mass is 16.2.